The molecule has 0 bridgehead atoms. The predicted molar refractivity (Wildman–Crippen MR) is 74.2 cm³/mol. The van der Waals surface area contributed by atoms with Gasteiger partial charge in [0.05, 0.1) is 16.6 Å². The van der Waals surface area contributed by atoms with Crippen LogP contribution in [-0.2, 0) is 10.0 Å². The Bertz CT molecular complexity index is 595. The molecule has 3 N–H and O–H groups in total. The molecule has 0 aliphatic carbocycles. The molecule has 0 aliphatic rings. The van der Waals surface area contributed by atoms with Crippen molar-refractivity contribution in [2.45, 2.75) is 44.2 Å². The van der Waals surface area contributed by atoms with Gasteiger partial charge in [0.2, 0.25) is 10.0 Å². The third kappa shape index (κ3) is 4.29. The molecule has 0 radical (unpaired) electrons. The maximum Gasteiger partial charge on any atom is 0.335 e. The molecule has 0 amide bonds. The summed E-state index contributed by atoms with van der Waals surface area (Å²) in [6, 6.07) is 3.50. The van der Waals surface area contributed by atoms with E-state index in [0.717, 1.165) is 6.07 Å². The van der Waals surface area contributed by atoms with Crippen molar-refractivity contribution in [1.82, 2.24) is 4.72 Å². The Morgan fingerprint density at radius 1 is 1.35 bits per heavy atom. The molecule has 20 heavy (non-hydrogen) atoms. The molecule has 0 saturated heterocycles. The zero-order valence-corrected chi connectivity index (χ0v) is 12.4. The van der Waals surface area contributed by atoms with Crippen LogP contribution in [0.15, 0.2) is 23.1 Å². The number of carbonyl (C=O) groups is 1. The lowest BCUT2D eigenvalue weighted by atomic mass is 10.1. The molecule has 1 aromatic rings. The normalized spacial score (nSPS) is 14.8. The van der Waals surface area contributed by atoms with E-state index >= 15 is 0 Å². The van der Waals surface area contributed by atoms with E-state index in [1.807, 2.05) is 0 Å². The van der Waals surface area contributed by atoms with E-state index in [-0.39, 0.29) is 16.9 Å². The standard InChI is InChI=1S/C13H19NO5S/c1-8-4-5-11(7-12(8)13(16)17)20(18,19)14-9(2)6-10(3)15/h4-5,7,9-10,14-15H,6H2,1-3H3,(H,16,17). The average Bonchev–Trinajstić information content (AvgIpc) is 2.26. The van der Waals surface area contributed by atoms with Gasteiger partial charge in [0.25, 0.3) is 0 Å². The molecule has 0 spiro atoms. The Balaban J connectivity index is 3.04. The summed E-state index contributed by atoms with van der Waals surface area (Å²) in [7, 11) is -3.80. The van der Waals surface area contributed by atoms with Crippen molar-refractivity contribution in [3.05, 3.63) is 29.3 Å². The Kier molecular flexibility index (Phi) is 5.27. The Hall–Kier alpha value is -1.44. The summed E-state index contributed by atoms with van der Waals surface area (Å²) < 4.78 is 26.7. The number of carboxylic acids is 1. The number of benzene rings is 1. The number of carboxylic acid groups (broad SMARTS) is 1. The average molecular weight is 301 g/mol. The molecular weight excluding hydrogens is 282 g/mol. The molecule has 1 aromatic carbocycles. The second kappa shape index (κ2) is 6.34. The molecule has 1 rings (SSSR count). The van der Waals surface area contributed by atoms with Crippen LogP contribution in [0.4, 0.5) is 0 Å². The number of aryl methyl sites for hydroxylation is 1. The van der Waals surface area contributed by atoms with Gasteiger partial charge in [-0.1, -0.05) is 6.07 Å². The lowest BCUT2D eigenvalue weighted by molar-refractivity contribution is 0.0696. The maximum absolute atomic E-state index is 12.1. The molecule has 2 unspecified atom stereocenters. The minimum absolute atomic E-state index is 0.0453. The van der Waals surface area contributed by atoms with E-state index in [0.29, 0.717) is 5.56 Å². The summed E-state index contributed by atoms with van der Waals surface area (Å²) in [5, 5.41) is 18.2. The van der Waals surface area contributed by atoms with Crippen molar-refractivity contribution < 1.29 is 23.4 Å². The van der Waals surface area contributed by atoms with Crippen LogP contribution >= 0.6 is 0 Å². The van der Waals surface area contributed by atoms with Gasteiger partial charge in [-0.25, -0.2) is 17.9 Å². The first-order valence-electron chi connectivity index (χ1n) is 6.18. The third-order valence-corrected chi connectivity index (χ3v) is 4.39. The van der Waals surface area contributed by atoms with Gasteiger partial charge in [0.15, 0.2) is 0 Å². The number of hydrogen-bond donors (Lipinski definition) is 3. The van der Waals surface area contributed by atoms with Crippen LogP contribution in [0.5, 0.6) is 0 Å². The van der Waals surface area contributed by atoms with Gasteiger partial charge >= 0.3 is 5.97 Å². The van der Waals surface area contributed by atoms with Gasteiger partial charge in [-0.2, -0.15) is 0 Å². The van der Waals surface area contributed by atoms with Crippen LogP contribution in [0, 0.1) is 6.92 Å². The molecule has 112 valence electrons. The summed E-state index contributed by atoms with van der Waals surface area (Å²) in [4.78, 5) is 10.9. The molecular formula is C13H19NO5S. The van der Waals surface area contributed by atoms with E-state index in [9.17, 15) is 18.3 Å². The zero-order chi connectivity index (χ0) is 15.5. The highest BCUT2D eigenvalue weighted by atomic mass is 32.2. The summed E-state index contributed by atoms with van der Waals surface area (Å²) in [5.74, 6) is -1.17. The van der Waals surface area contributed by atoms with Crippen molar-refractivity contribution >= 4 is 16.0 Å². The quantitative estimate of drug-likeness (QED) is 0.730. The van der Waals surface area contributed by atoms with Crippen LogP contribution < -0.4 is 4.72 Å². The molecule has 7 heteroatoms. The van der Waals surface area contributed by atoms with E-state index in [1.54, 1.807) is 20.8 Å². The highest BCUT2D eigenvalue weighted by Gasteiger charge is 2.20. The van der Waals surface area contributed by atoms with Gasteiger partial charge in [-0.05, 0) is 44.9 Å². The lowest BCUT2D eigenvalue weighted by Crippen LogP contribution is -2.34. The topological polar surface area (TPSA) is 104 Å². The minimum atomic E-state index is -3.80. The molecule has 0 aliphatic heterocycles. The highest BCUT2D eigenvalue weighted by Crippen LogP contribution is 2.16. The minimum Gasteiger partial charge on any atom is -0.478 e. The molecule has 0 aromatic heterocycles. The van der Waals surface area contributed by atoms with Crippen molar-refractivity contribution in [3.8, 4) is 0 Å². The number of aliphatic hydroxyl groups excluding tert-OH is 1. The largest absolute Gasteiger partial charge is 0.478 e. The molecule has 0 heterocycles. The SMILES string of the molecule is Cc1ccc(S(=O)(=O)NC(C)CC(C)O)cc1C(=O)O. The van der Waals surface area contributed by atoms with Crippen molar-refractivity contribution in [3.63, 3.8) is 0 Å². The van der Waals surface area contributed by atoms with Gasteiger partial charge in [-0.3, -0.25) is 0 Å². The van der Waals surface area contributed by atoms with Crippen molar-refractivity contribution in [2.75, 3.05) is 0 Å². The van der Waals surface area contributed by atoms with Gasteiger partial charge in [0, 0.05) is 6.04 Å². The predicted octanol–water partition coefficient (Wildman–Crippen LogP) is 1.13. The summed E-state index contributed by atoms with van der Waals surface area (Å²) in [6.07, 6.45) is -0.350. The van der Waals surface area contributed by atoms with Gasteiger partial charge in [0.1, 0.15) is 0 Å². The number of rotatable bonds is 6. The number of nitrogens with one attached hydrogen (secondary N) is 1. The van der Waals surface area contributed by atoms with Crippen LogP contribution in [0.1, 0.15) is 36.2 Å². The van der Waals surface area contributed by atoms with Crippen LogP contribution in [-0.4, -0.2) is 36.7 Å². The highest BCUT2D eigenvalue weighted by molar-refractivity contribution is 7.89. The zero-order valence-electron chi connectivity index (χ0n) is 11.6. The summed E-state index contributed by atoms with van der Waals surface area (Å²) >= 11 is 0. The molecule has 0 saturated carbocycles. The fraction of sp³-hybridized carbons (Fsp3) is 0.462. The maximum atomic E-state index is 12.1. The smallest absolute Gasteiger partial charge is 0.335 e. The van der Waals surface area contributed by atoms with E-state index in [2.05, 4.69) is 4.72 Å². The Labute approximate surface area is 118 Å². The second-order valence-electron chi connectivity index (χ2n) is 4.89. The second-order valence-corrected chi connectivity index (χ2v) is 6.60. The van der Waals surface area contributed by atoms with Crippen LogP contribution in [0.3, 0.4) is 0 Å². The van der Waals surface area contributed by atoms with Crippen LogP contribution in [0.25, 0.3) is 0 Å². The molecule has 0 fully saturated rings. The Morgan fingerprint density at radius 3 is 2.45 bits per heavy atom. The number of sulfonamides is 1. The lowest BCUT2D eigenvalue weighted by Gasteiger charge is -2.16. The summed E-state index contributed by atoms with van der Waals surface area (Å²) in [6.45, 7) is 4.80. The first-order chi connectivity index (χ1) is 9.13. The molecule has 6 nitrogen and oxygen atoms in total. The first-order valence-corrected chi connectivity index (χ1v) is 7.66. The monoisotopic (exact) mass is 301 g/mol. The third-order valence-electron chi connectivity index (χ3n) is 2.80. The van der Waals surface area contributed by atoms with Gasteiger partial charge < -0.3 is 10.2 Å². The fourth-order valence-electron chi connectivity index (χ4n) is 1.89. The van der Waals surface area contributed by atoms with E-state index in [4.69, 9.17) is 5.11 Å². The first kappa shape index (κ1) is 16.6. The Morgan fingerprint density at radius 2 is 1.95 bits per heavy atom. The van der Waals surface area contributed by atoms with Crippen molar-refractivity contribution in [1.29, 1.82) is 0 Å². The molecule has 2 atom stereocenters. The van der Waals surface area contributed by atoms with Gasteiger partial charge in [-0.15, -0.1) is 0 Å². The number of hydrogen-bond acceptors (Lipinski definition) is 4. The van der Waals surface area contributed by atoms with E-state index in [1.165, 1.54) is 12.1 Å². The summed E-state index contributed by atoms with van der Waals surface area (Å²) in [5.41, 5.74) is 0.449. The fourth-order valence-corrected chi connectivity index (χ4v) is 3.17. The van der Waals surface area contributed by atoms with E-state index < -0.39 is 28.1 Å². The van der Waals surface area contributed by atoms with Crippen LogP contribution in [0.2, 0.25) is 0 Å². The number of aliphatic hydroxyl groups is 1. The van der Waals surface area contributed by atoms with Crippen molar-refractivity contribution in [2.24, 2.45) is 0 Å². The number of aromatic carboxylic acids is 1.